The van der Waals surface area contributed by atoms with Crippen LogP contribution in [-0.4, -0.2) is 0 Å². The minimum Gasteiger partial charge on any atom is -0.193 e. The molecule has 1 aromatic carbocycles. The molecule has 0 aliphatic heterocycles. The van der Waals surface area contributed by atoms with Crippen LogP contribution in [0.15, 0.2) is 60.7 Å². The molecular weight excluding hydrogens is 398 g/mol. The van der Waals surface area contributed by atoms with Gasteiger partial charge in [0.05, 0.1) is 6.07 Å². The lowest BCUT2D eigenvalue weighted by Crippen LogP contribution is -2.22. The summed E-state index contributed by atoms with van der Waals surface area (Å²) in [5, 5.41) is 8.58. The minimum absolute atomic E-state index is 0.674. The van der Waals surface area contributed by atoms with Crippen LogP contribution in [0.25, 0.3) is 0 Å². The van der Waals surface area contributed by atoms with Crippen molar-refractivity contribution in [2.75, 3.05) is 0 Å². The first-order chi connectivity index (χ1) is 16.2. The van der Waals surface area contributed by atoms with Gasteiger partial charge in [0.1, 0.15) is 0 Å². The van der Waals surface area contributed by atoms with E-state index in [0.29, 0.717) is 5.92 Å². The van der Waals surface area contributed by atoms with Crippen molar-refractivity contribution < 1.29 is 0 Å². The molecular formula is C32H45N. The quantitative estimate of drug-likeness (QED) is 0.144. The van der Waals surface area contributed by atoms with Crippen LogP contribution in [0, 0.1) is 29.1 Å². The second-order valence-corrected chi connectivity index (χ2v) is 10.5. The molecule has 2 aliphatic rings. The van der Waals surface area contributed by atoms with E-state index in [1.54, 1.807) is 17.2 Å². The molecule has 33 heavy (non-hydrogen) atoms. The van der Waals surface area contributed by atoms with Crippen LogP contribution in [-0.2, 0) is 6.42 Å². The van der Waals surface area contributed by atoms with E-state index in [1.807, 2.05) is 18.2 Å². The molecule has 0 aromatic heterocycles. The van der Waals surface area contributed by atoms with Crippen LogP contribution in [0.4, 0.5) is 0 Å². The van der Waals surface area contributed by atoms with Gasteiger partial charge in [0.15, 0.2) is 0 Å². The summed E-state index contributed by atoms with van der Waals surface area (Å²) in [4.78, 5) is 0. The van der Waals surface area contributed by atoms with Crippen molar-refractivity contribution in [3.63, 3.8) is 0 Å². The third-order valence-electron chi connectivity index (χ3n) is 8.23. The van der Waals surface area contributed by atoms with Gasteiger partial charge < -0.3 is 0 Å². The lowest BCUT2D eigenvalue weighted by molar-refractivity contribution is 0.290. The molecule has 1 nitrogen and oxygen atoms in total. The highest BCUT2D eigenvalue weighted by molar-refractivity contribution is 5.26. The minimum atomic E-state index is 0.674. The van der Waals surface area contributed by atoms with E-state index in [9.17, 15) is 0 Å². The smallest absolute Gasteiger partial charge is 0.0912 e. The van der Waals surface area contributed by atoms with Crippen molar-refractivity contribution >= 4 is 0 Å². The number of benzene rings is 1. The average molecular weight is 444 g/mol. The van der Waals surface area contributed by atoms with Crippen LogP contribution in [0.2, 0.25) is 0 Å². The zero-order chi connectivity index (χ0) is 23.3. The summed E-state index contributed by atoms with van der Waals surface area (Å²) in [5.74, 6) is 2.88. The number of nitriles is 1. The van der Waals surface area contributed by atoms with Crippen LogP contribution in [0.1, 0.15) is 107 Å². The van der Waals surface area contributed by atoms with Crippen molar-refractivity contribution in [3.8, 4) is 6.07 Å². The van der Waals surface area contributed by atoms with E-state index in [-0.39, 0.29) is 0 Å². The Kier molecular flexibility index (Phi) is 11.0. The van der Waals surface area contributed by atoms with E-state index in [0.717, 1.165) is 17.8 Å². The predicted octanol–water partition coefficient (Wildman–Crippen LogP) is 9.47. The van der Waals surface area contributed by atoms with Crippen molar-refractivity contribution in [3.05, 3.63) is 71.8 Å². The van der Waals surface area contributed by atoms with Crippen LogP contribution >= 0.6 is 0 Å². The van der Waals surface area contributed by atoms with Crippen molar-refractivity contribution in [2.24, 2.45) is 17.8 Å². The SMILES string of the molecule is C=C([C@H]1CC[C@H](/C=C/C=C/C#N)CC1)[C@H]1CC[C@H](c2ccc(CCCCCCC)cc2)CC1. The van der Waals surface area contributed by atoms with Gasteiger partial charge in [0, 0.05) is 6.08 Å². The molecule has 2 saturated carbocycles. The van der Waals surface area contributed by atoms with E-state index >= 15 is 0 Å². The molecule has 0 radical (unpaired) electrons. The number of nitrogens with zero attached hydrogens (tertiary/aromatic N) is 1. The zero-order valence-corrected chi connectivity index (χ0v) is 21.0. The highest BCUT2D eigenvalue weighted by Gasteiger charge is 2.29. The summed E-state index contributed by atoms with van der Waals surface area (Å²) in [6.07, 6.45) is 26.2. The molecule has 2 aliphatic carbocycles. The zero-order valence-electron chi connectivity index (χ0n) is 21.0. The molecule has 178 valence electrons. The van der Waals surface area contributed by atoms with E-state index in [1.165, 1.54) is 95.5 Å². The summed E-state index contributed by atoms with van der Waals surface area (Å²) in [6, 6.07) is 11.7. The molecule has 0 amide bonds. The van der Waals surface area contributed by atoms with Crippen LogP contribution in [0.3, 0.4) is 0 Å². The standard InChI is InChI=1S/C32H45N/c1-3-4-5-6-8-11-28-15-19-31(20-16-28)32-23-21-30(22-24-32)26(2)29-17-13-27(14-18-29)12-9-7-10-25-33/h7,9-10,12,15-16,19-20,27,29-30,32H,2-6,8,11,13-14,17-18,21-24H2,1H3/b10-7+,12-9+/t27-,29-,30-,32-. The summed E-state index contributed by atoms with van der Waals surface area (Å²) in [7, 11) is 0. The Labute approximate surface area is 203 Å². The van der Waals surface area contributed by atoms with Gasteiger partial charge in [-0.25, -0.2) is 0 Å². The largest absolute Gasteiger partial charge is 0.193 e. The Morgan fingerprint density at radius 2 is 1.52 bits per heavy atom. The first-order valence-corrected chi connectivity index (χ1v) is 13.7. The molecule has 0 unspecified atom stereocenters. The first kappa shape index (κ1) is 25.6. The van der Waals surface area contributed by atoms with Gasteiger partial charge >= 0.3 is 0 Å². The fourth-order valence-electron chi connectivity index (χ4n) is 6.02. The lowest BCUT2D eigenvalue weighted by atomic mass is 9.70. The van der Waals surface area contributed by atoms with Gasteiger partial charge in [-0.05, 0) is 99.0 Å². The van der Waals surface area contributed by atoms with Gasteiger partial charge in [-0.1, -0.05) is 87.3 Å². The topological polar surface area (TPSA) is 23.8 Å². The van der Waals surface area contributed by atoms with Crippen LogP contribution < -0.4 is 0 Å². The highest BCUT2D eigenvalue weighted by Crippen LogP contribution is 2.43. The van der Waals surface area contributed by atoms with Crippen molar-refractivity contribution in [1.82, 2.24) is 0 Å². The molecule has 0 atom stereocenters. The lowest BCUT2D eigenvalue weighted by Gasteiger charge is -2.36. The molecule has 0 saturated heterocycles. The Hall–Kier alpha value is -2.07. The maximum atomic E-state index is 8.58. The molecule has 0 bridgehead atoms. The second-order valence-electron chi connectivity index (χ2n) is 10.5. The van der Waals surface area contributed by atoms with Gasteiger partial charge in [-0.2, -0.15) is 5.26 Å². The number of hydrogen-bond donors (Lipinski definition) is 0. The second kappa shape index (κ2) is 14.2. The number of rotatable bonds is 11. The molecule has 3 rings (SSSR count). The van der Waals surface area contributed by atoms with Gasteiger partial charge in [0.25, 0.3) is 0 Å². The molecule has 0 N–H and O–H groups in total. The molecule has 2 fully saturated rings. The van der Waals surface area contributed by atoms with Crippen molar-refractivity contribution in [2.45, 2.75) is 103 Å². The molecule has 0 heterocycles. The third kappa shape index (κ3) is 8.33. The fourth-order valence-corrected chi connectivity index (χ4v) is 6.02. The maximum absolute atomic E-state index is 8.58. The van der Waals surface area contributed by atoms with Gasteiger partial charge in [0.2, 0.25) is 0 Å². The van der Waals surface area contributed by atoms with Gasteiger partial charge in [-0.15, -0.1) is 0 Å². The van der Waals surface area contributed by atoms with Crippen molar-refractivity contribution in [1.29, 1.82) is 5.26 Å². The Bertz CT molecular complexity index is 790. The first-order valence-electron chi connectivity index (χ1n) is 13.7. The van der Waals surface area contributed by atoms with Gasteiger partial charge in [-0.3, -0.25) is 0 Å². The number of unbranched alkanes of at least 4 members (excludes halogenated alkanes) is 4. The van der Waals surface area contributed by atoms with Crippen LogP contribution in [0.5, 0.6) is 0 Å². The summed E-state index contributed by atoms with van der Waals surface area (Å²) < 4.78 is 0. The number of hydrogen-bond acceptors (Lipinski definition) is 1. The highest BCUT2D eigenvalue weighted by atomic mass is 14.3. The Balaban J connectivity index is 1.38. The molecule has 1 aromatic rings. The maximum Gasteiger partial charge on any atom is 0.0912 e. The van der Waals surface area contributed by atoms with E-state index < -0.39 is 0 Å². The van der Waals surface area contributed by atoms with E-state index in [4.69, 9.17) is 5.26 Å². The third-order valence-corrected chi connectivity index (χ3v) is 8.23. The fraction of sp³-hybridized carbons (Fsp3) is 0.594. The predicted molar refractivity (Wildman–Crippen MR) is 142 cm³/mol. The average Bonchev–Trinajstić information content (AvgIpc) is 2.87. The molecule has 0 spiro atoms. The molecule has 1 heteroatoms. The van der Waals surface area contributed by atoms with E-state index in [2.05, 4.69) is 43.8 Å². The Morgan fingerprint density at radius 3 is 2.15 bits per heavy atom. The Morgan fingerprint density at radius 1 is 0.879 bits per heavy atom. The monoisotopic (exact) mass is 443 g/mol. The number of aryl methyl sites for hydroxylation is 1. The normalized spacial score (nSPS) is 25.9. The summed E-state index contributed by atoms with van der Waals surface area (Å²) in [5.41, 5.74) is 4.63. The summed E-state index contributed by atoms with van der Waals surface area (Å²) >= 11 is 0. The number of allylic oxidation sites excluding steroid dienone is 5. The summed E-state index contributed by atoms with van der Waals surface area (Å²) in [6.45, 7) is 6.89.